The molecule has 0 amide bonds. The number of halogens is 1. The molecule has 1 rings (SSSR count). The average molecular weight is 194 g/mol. The van der Waals surface area contributed by atoms with Gasteiger partial charge in [0.15, 0.2) is 0 Å². The first-order valence-electron chi connectivity index (χ1n) is 3.87. The fraction of sp³-hybridized carbons (Fsp3) is 0.100. The third-order valence-corrected chi connectivity index (χ3v) is 1.61. The minimum Gasteiger partial charge on any atom is -0.291 e. The summed E-state index contributed by atoms with van der Waals surface area (Å²) in [4.78, 5) is 32.7. The Balaban J connectivity index is 3.01. The van der Waals surface area contributed by atoms with Crippen molar-refractivity contribution in [2.75, 3.05) is 0 Å². The molecule has 3 nitrogen and oxygen atoms in total. The first kappa shape index (κ1) is 10.2. The molecule has 0 radical (unpaired) electrons. The fourth-order valence-electron chi connectivity index (χ4n) is 0.921. The summed E-state index contributed by atoms with van der Waals surface area (Å²) in [5.41, 5.74) is -0.106. The van der Waals surface area contributed by atoms with Crippen LogP contribution in [0.3, 0.4) is 0 Å². The molecule has 4 heteroatoms. The van der Waals surface area contributed by atoms with Crippen LogP contribution in [0, 0.1) is 5.82 Å². The van der Waals surface area contributed by atoms with Gasteiger partial charge in [-0.05, 0) is 12.1 Å². The Morgan fingerprint density at radius 2 is 1.86 bits per heavy atom. The molecule has 0 aliphatic rings. The third-order valence-electron chi connectivity index (χ3n) is 1.61. The maximum atomic E-state index is 12.6. The van der Waals surface area contributed by atoms with Crippen molar-refractivity contribution in [1.29, 1.82) is 0 Å². The van der Waals surface area contributed by atoms with Gasteiger partial charge in [0.05, 0.1) is 0 Å². The Morgan fingerprint density at radius 3 is 2.36 bits per heavy atom. The summed E-state index contributed by atoms with van der Waals surface area (Å²) >= 11 is 0. The largest absolute Gasteiger partial charge is 0.291 e. The summed E-state index contributed by atoms with van der Waals surface area (Å²) in [7, 11) is 0. The van der Waals surface area contributed by atoms with E-state index in [-0.39, 0.29) is 5.56 Å². The number of Topliss-reactive ketones (excluding diaryl/α,β-unsaturated/α-hetero) is 3. The minimum atomic E-state index is -1.13. The number of hydrogen-bond acceptors (Lipinski definition) is 3. The Morgan fingerprint density at radius 1 is 1.21 bits per heavy atom. The van der Waals surface area contributed by atoms with E-state index in [0.717, 1.165) is 19.1 Å². The first-order valence-corrected chi connectivity index (χ1v) is 3.87. The molecule has 0 unspecified atom stereocenters. The second kappa shape index (κ2) is 3.91. The first-order chi connectivity index (χ1) is 6.52. The monoisotopic (exact) mass is 194 g/mol. The van der Waals surface area contributed by atoms with Gasteiger partial charge in [0, 0.05) is 12.5 Å². The second-order valence-corrected chi connectivity index (χ2v) is 2.72. The van der Waals surface area contributed by atoms with Crippen LogP contribution in [0.1, 0.15) is 17.3 Å². The number of benzene rings is 1. The quantitative estimate of drug-likeness (QED) is 0.412. The third kappa shape index (κ3) is 2.10. The van der Waals surface area contributed by atoms with Gasteiger partial charge in [-0.25, -0.2) is 4.39 Å². The van der Waals surface area contributed by atoms with Crippen LogP contribution in [-0.2, 0) is 9.59 Å². The number of rotatable bonds is 3. The lowest BCUT2D eigenvalue weighted by molar-refractivity contribution is -0.132. The van der Waals surface area contributed by atoms with Crippen LogP contribution in [-0.4, -0.2) is 17.3 Å². The summed E-state index contributed by atoms with van der Waals surface area (Å²) < 4.78 is 12.6. The van der Waals surface area contributed by atoms with Gasteiger partial charge in [-0.2, -0.15) is 0 Å². The van der Waals surface area contributed by atoms with Crippen molar-refractivity contribution in [3.63, 3.8) is 0 Å². The highest BCUT2D eigenvalue weighted by molar-refractivity contribution is 6.66. The summed E-state index contributed by atoms with van der Waals surface area (Å²) in [5, 5.41) is 0. The van der Waals surface area contributed by atoms with Crippen molar-refractivity contribution in [1.82, 2.24) is 0 Å². The van der Waals surface area contributed by atoms with Crippen molar-refractivity contribution >= 4 is 17.3 Å². The maximum absolute atomic E-state index is 12.6. The van der Waals surface area contributed by atoms with E-state index in [9.17, 15) is 18.8 Å². The van der Waals surface area contributed by atoms with E-state index in [1.54, 1.807) is 0 Å². The van der Waals surface area contributed by atoms with Crippen molar-refractivity contribution in [3.05, 3.63) is 35.6 Å². The van der Waals surface area contributed by atoms with E-state index < -0.39 is 23.2 Å². The molecule has 72 valence electrons. The number of carbonyl (C=O) groups is 3. The van der Waals surface area contributed by atoms with Crippen molar-refractivity contribution < 1.29 is 18.8 Å². The van der Waals surface area contributed by atoms with Crippen molar-refractivity contribution in [2.45, 2.75) is 6.92 Å². The van der Waals surface area contributed by atoms with E-state index in [1.807, 2.05) is 0 Å². The van der Waals surface area contributed by atoms with Crippen LogP contribution >= 0.6 is 0 Å². The second-order valence-electron chi connectivity index (χ2n) is 2.72. The zero-order valence-electron chi connectivity index (χ0n) is 7.41. The van der Waals surface area contributed by atoms with E-state index in [2.05, 4.69) is 0 Å². The van der Waals surface area contributed by atoms with Crippen molar-refractivity contribution in [3.8, 4) is 0 Å². The molecule has 0 aliphatic heterocycles. The Labute approximate surface area is 79.5 Å². The van der Waals surface area contributed by atoms with Gasteiger partial charge >= 0.3 is 0 Å². The summed E-state index contributed by atoms with van der Waals surface area (Å²) in [6.07, 6.45) is 0. The SMILES string of the molecule is CC(=O)C(=O)C(=O)c1cccc(F)c1. The molecular formula is C10H7FO3. The molecule has 0 heterocycles. The van der Waals surface area contributed by atoms with Gasteiger partial charge < -0.3 is 0 Å². The lowest BCUT2D eigenvalue weighted by Crippen LogP contribution is -2.21. The predicted octanol–water partition coefficient (Wildman–Crippen LogP) is 1.17. The lowest BCUT2D eigenvalue weighted by Gasteiger charge is -1.96. The molecule has 0 bridgehead atoms. The minimum absolute atomic E-state index is 0.106. The Hall–Kier alpha value is -1.84. The van der Waals surface area contributed by atoms with Crippen LogP contribution in [0.25, 0.3) is 0 Å². The normalized spacial score (nSPS) is 9.57. The molecule has 0 saturated heterocycles. The number of carbonyl (C=O) groups excluding carboxylic acids is 3. The van der Waals surface area contributed by atoms with Gasteiger partial charge in [0.2, 0.25) is 11.6 Å². The molecule has 0 atom stereocenters. The summed E-state index contributed by atoms with van der Waals surface area (Å²) in [5.74, 6) is -3.57. The highest BCUT2D eigenvalue weighted by Gasteiger charge is 2.20. The van der Waals surface area contributed by atoms with Crippen molar-refractivity contribution in [2.24, 2.45) is 0 Å². The Kier molecular flexibility index (Phi) is 2.86. The molecule has 0 saturated carbocycles. The molecule has 1 aromatic rings. The molecule has 0 N–H and O–H groups in total. The zero-order chi connectivity index (χ0) is 10.7. The molecular weight excluding hydrogens is 187 g/mol. The maximum Gasteiger partial charge on any atom is 0.268 e. The molecule has 0 spiro atoms. The summed E-state index contributed by atoms with van der Waals surface area (Å²) in [6, 6.07) is 4.65. The van der Waals surface area contributed by atoms with Gasteiger partial charge in [-0.15, -0.1) is 0 Å². The molecule has 1 aromatic carbocycles. The van der Waals surface area contributed by atoms with Gasteiger partial charge in [-0.1, -0.05) is 12.1 Å². The van der Waals surface area contributed by atoms with Gasteiger partial charge in [0.1, 0.15) is 5.82 Å². The topological polar surface area (TPSA) is 51.2 Å². The molecule has 0 fully saturated rings. The number of ketones is 3. The highest BCUT2D eigenvalue weighted by Crippen LogP contribution is 2.05. The Bertz CT molecular complexity index is 410. The molecule has 14 heavy (non-hydrogen) atoms. The van der Waals surface area contributed by atoms with Crippen LogP contribution in [0.2, 0.25) is 0 Å². The fourth-order valence-corrected chi connectivity index (χ4v) is 0.921. The zero-order valence-corrected chi connectivity index (χ0v) is 7.41. The van der Waals surface area contributed by atoms with E-state index >= 15 is 0 Å². The van der Waals surface area contributed by atoms with Gasteiger partial charge in [-0.3, -0.25) is 14.4 Å². The number of hydrogen-bond donors (Lipinski definition) is 0. The van der Waals surface area contributed by atoms with Gasteiger partial charge in [0.25, 0.3) is 5.78 Å². The van der Waals surface area contributed by atoms with Crippen LogP contribution in [0.5, 0.6) is 0 Å². The van der Waals surface area contributed by atoms with E-state index in [4.69, 9.17) is 0 Å². The average Bonchev–Trinajstić information content (AvgIpc) is 2.15. The van der Waals surface area contributed by atoms with Crippen LogP contribution < -0.4 is 0 Å². The van der Waals surface area contributed by atoms with E-state index in [0.29, 0.717) is 0 Å². The summed E-state index contributed by atoms with van der Waals surface area (Å²) in [6.45, 7) is 1.000. The molecule has 0 aromatic heterocycles. The highest BCUT2D eigenvalue weighted by atomic mass is 19.1. The standard InChI is InChI=1S/C10H7FO3/c1-6(12)9(13)10(14)7-3-2-4-8(11)5-7/h2-5H,1H3. The molecule has 0 aliphatic carbocycles. The predicted molar refractivity (Wildman–Crippen MR) is 46.4 cm³/mol. The smallest absolute Gasteiger partial charge is 0.268 e. The van der Waals surface area contributed by atoms with E-state index in [1.165, 1.54) is 12.1 Å². The van der Waals surface area contributed by atoms with Crippen LogP contribution in [0.4, 0.5) is 4.39 Å². The lowest BCUT2D eigenvalue weighted by atomic mass is 10.1. The van der Waals surface area contributed by atoms with Crippen LogP contribution in [0.15, 0.2) is 24.3 Å².